The second-order valence-corrected chi connectivity index (χ2v) is 12.2. The van der Waals surface area contributed by atoms with Gasteiger partial charge in [0.05, 0.1) is 18.0 Å². The number of anilines is 1. The van der Waals surface area contributed by atoms with Gasteiger partial charge in [-0.3, -0.25) is 9.69 Å². The van der Waals surface area contributed by atoms with Crippen LogP contribution in [0.4, 0.5) is 10.2 Å². The van der Waals surface area contributed by atoms with E-state index >= 15 is 4.39 Å². The number of rotatable bonds is 8. The number of hydrogen-bond acceptors (Lipinski definition) is 8. The van der Waals surface area contributed by atoms with Crippen LogP contribution in [-0.2, 0) is 11.3 Å². The fourth-order valence-corrected chi connectivity index (χ4v) is 6.43. The molecule has 45 heavy (non-hydrogen) atoms. The molecule has 0 radical (unpaired) electrons. The standard InChI is InChI=1S/C34H37FN8O2/c1-34(2,41-15-7-4-8-16-41)19-23(20-36)33(44)42-17-9-10-24(42)21-43-32-29(31(37)38-22-39-32)30(40-43)27-14-13-26(18-28(27)35)45-25-11-5-3-6-12-25/h3,5-6,11-14,18-19,22,24H,4,7-10,15-17,21H2,1-2H3,(H2,37,38,39)/b23-19-/t24-/m1/s1. The van der Waals surface area contributed by atoms with Gasteiger partial charge in [-0.2, -0.15) is 10.4 Å². The maximum absolute atomic E-state index is 15.6. The first-order valence-electron chi connectivity index (χ1n) is 15.4. The Morgan fingerprint density at radius 2 is 1.87 bits per heavy atom. The Hall–Kier alpha value is -4.82. The molecule has 10 nitrogen and oxygen atoms in total. The van der Waals surface area contributed by atoms with Gasteiger partial charge < -0.3 is 15.4 Å². The van der Waals surface area contributed by atoms with Gasteiger partial charge in [0.2, 0.25) is 0 Å². The fraction of sp³-hybridized carbons (Fsp3) is 0.382. The summed E-state index contributed by atoms with van der Waals surface area (Å²) in [5, 5.41) is 15.2. The van der Waals surface area contributed by atoms with Crippen LogP contribution < -0.4 is 10.5 Å². The molecule has 4 aromatic rings. The van der Waals surface area contributed by atoms with E-state index in [4.69, 9.17) is 15.6 Å². The van der Waals surface area contributed by atoms with Crippen molar-refractivity contribution in [2.24, 2.45) is 0 Å². The van der Waals surface area contributed by atoms with Crippen molar-refractivity contribution in [3.8, 4) is 28.8 Å². The summed E-state index contributed by atoms with van der Waals surface area (Å²) in [6.45, 7) is 6.87. The van der Waals surface area contributed by atoms with E-state index in [1.165, 1.54) is 18.8 Å². The highest BCUT2D eigenvalue weighted by atomic mass is 19.1. The number of nitrogen functional groups attached to an aromatic ring is 1. The Morgan fingerprint density at radius 3 is 2.60 bits per heavy atom. The lowest BCUT2D eigenvalue weighted by Crippen LogP contribution is -2.46. The lowest BCUT2D eigenvalue weighted by molar-refractivity contribution is -0.127. The van der Waals surface area contributed by atoms with Crippen LogP contribution in [0.3, 0.4) is 0 Å². The summed E-state index contributed by atoms with van der Waals surface area (Å²) < 4.78 is 23.0. The largest absolute Gasteiger partial charge is 0.457 e. The Morgan fingerprint density at radius 1 is 1.09 bits per heavy atom. The molecule has 2 saturated heterocycles. The number of para-hydroxylation sites is 1. The average molecular weight is 609 g/mol. The molecule has 2 fully saturated rings. The number of nitriles is 1. The van der Waals surface area contributed by atoms with E-state index in [0.29, 0.717) is 41.3 Å². The molecular formula is C34H37FN8O2. The van der Waals surface area contributed by atoms with Crippen molar-refractivity contribution < 1.29 is 13.9 Å². The minimum atomic E-state index is -0.531. The Balaban J connectivity index is 1.28. The van der Waals surface area contributed by atoms with Crippen LogP contribution >= 0.6 is 0 Å². The monoisotopic (exact) mass is 608 g/mol. The van der Waals surface area contributed by atoms with E-state index in [9.17, 15) is 10.1 Å². The number of amides is 1. The molecule has 1 atom stereocenters. The van der Waals surface area contributed by atoms with E-state index in [1.54, 1.807) is 33.8 Å². The van der Waals surface area contributed by atoms with Gasteiger partial charge in [-0.25, -0.2) is 19.0 Å². The van der Waals surface area contributed by atoms with Crippen molar-refractivity contribution in [2.75, 3.05) is 25.4 Å². The molecule has 2 aliphatic heterocycles. The third-order valence-corrected chi connectivity index (χ3v) is 8.77. The maximum atomic E-state index is 15.6. The van der Waals surface area contributed by atoms with E-state index in [1.807, 2.05) is 24.3 Å². The number of benzene rings is 2. The number of halogens is 1. The maximum Gasteiger partial charge on any atom is 0.264 e. The topological polar surface area (TPSA) is 126 Å². The molecule has 0 unspecified atom stereocenters. The average Bonchev–Trinajstić information content (AvgIpc) is 3.66. The lowest BCUT2D eigenvalue weighted by Gasteiger charge is -2.39. The summed E-state index contributed by atoms with van der Waals surface area (Å²) in [7, 11) is 0. The molecule has 1 amide bonds. The Kier molecular flexibility index (Phi) is 8.50. The van der Waals surface area contributed by atoms with E-state index in [2.05, 4.69) is 34.8 Å². The number of ether oxygens (including phenoxy) is 1. The fourth-order valence-electron chi connectivity index (χ4n) is 6.43. The zero-order valence-corrected chi connectivity index (χ0v) is 25.6. The number of nitrogens with zero attached hydrogens (tertiary/aromatic N) is 7. The van der Waals surface area contributed by atoms with Gasteiger partial charge in [0.15, 0.2) is 5.65 Å². The predicted molar refractivity (Wildman–Crippen MR) is 170 cm³/mol. The number of likely N-dealkylation sites (tertiary alicyclic amines) is 2. The number of nitrogens with two attached hydrogens (primary N) is 1. The second kappa shape index (κ2) is 12.7. The summed E-state index contributed by atoms with van der Waals surface area (Å²) in [5.74, 6) is 0.309. The molecule has 0 saturated carbocycles. The first-order chi connectivity index (χ1) is 21.7. The van der Waals surface area contributed by atoms with Crippen molar-refractivity contribution in [1.82, 2.24) is 29.5 Å². The number of aromatic nitrogens is 4. The van der Waals surface area contributed by atoms with Crippen molar-refractivity contribution in [1.29, 1.82) is 5.26 Å². The van der Waals surface area contributed by atoms with E-state index < -0.39 is 11.4 Å². The smallest absolute Gasteiger partial charge is 0.264 e. The molecule has 0 bridgehead atoms. The van der Waals surface area contributed by atoms with Gasteiger partial charge in [-0.1, -0.05) is 24.6 Å². The van der Waals surface area contributed by atoms with Gasteiger partial charge in [-0.15, -0.1) is 0 Å². The van der Waals surface area contributed by atoms with Gasteiger partial charge >= 0.3 is 0 Å². The molecular weight excluding hydrogens is 571 g/mol. The normalized spacial score (nSPS) is 17.9. The third kappa shape index (κ3) is 6.24. The van der Waals surface area contributed by atoms with Gasteiger partial charge in [-0.05, 0) is 83.0 Å². The molecule has 2 N–H and O–H groups in total. The van der Waals surface area contributed by atoms with Gasteiger partial charge in [0.25, 0.3) is 5.91 Å². The van der Waals surface area contributed by atoms with Crippen LogP contribution in [0.25, 0.3) is 22.3 Å². The molecule has 0 aliphatic carbocycles. The zero-order valence-electron chi connectivity index (χ0n) is 25.6. The summed E-state index contributed by atoms with van der Waals surface area (Å²) in [6, 6.07) is 15.7. The van der Waals surface area contributed by atoms with E-state index in [0.717, 1.165) is 38.8 Å². The summed E-state index contributed by atoms with van der Waals surface area (Å²) in [5.41, 5.74) is 7.01. The van der Waals surface area contributed by atoms with Gasteiger partial charge in [0.1, 0.15) is 46.8 Å². The van der Waals surface area contributed by atoms with Crippen molar-refractivity contribution in [3.05, 3.63) is 72.3 Å². The van der Waals surface area contributed by atoms with Crippen LogP contribution in [0.1, 0.15) is 46.0 Å². The number of carbonyl (C=O) groups excluding carboxylic acids is 1. The minimum absolute atomic E-state index is 0.148. The van der Waals surface area contributed by atoms with Crippen LogP contribution in [-0.4, -0.2) is 66.7 Å². The summed E-state index contributed by atoms with van der Waals surface area (Å²) >= 11 is 0. The van der Waals surface area contributed by atoms with Crippen LogP contribution in [0.5, 0.6) is 11.5 Å². The van der Waals surface area contributed by atoms with Crippen LogP contribution in [0.15, 0.2) is 66.5 Å². The quantitative estimate of drug-likeness (QED) is 0.199. The van der Waals surface area contributed by atoms with Crippen LogP contribution in [0.2, 0.25) is 0 Å². The highest BCUT2D eigenvalue weighted by Crippen LogP contribution is 2.35. The third-order valence-electron chi connectivity index (χ3n) is 8.77. The van der Waals surface area contributed by atoms with Crippen molar-refractivity contribution >= 4 is 22.8 Å². The second-order valence-electron chi connectivity index (χ2n) is 12.2. The molecule has 0 spiro atoms. The first kappa shape index (κ1) is 30.2. The van der Waals surface area contributed by atoms with Gasteiger partial charge in [0, 0.05) is 23.7 Å². The molecule has 11 heteroatoms. The van der Waals surface area contributed by atoms with Crippen molar-refractivity contribution in [2.45, 2.75) is 64.1 Å². The Bertz CT molecular complexity index is 1770. The highest BCUT2D eigenvalue weighted by molar-refractivity contribution is 5.99. The molecule has 2 aromatic heterocycles. The minimum Gasteiger partial charge on any atom is -0.457 e. The zero-order chi connectivity index (χ0) is 31.6. The summed E-state index contributed by atoms with van der Waals surface area (Å²) in [6.07, 6.45) is 8.14. The number of hydrogen-bond donors (Lipinski definition) is 1. The predicted octanol–water partition coefficient (Wildman–Crippen LogP) is 5.71. The van der Waals surface area contributed by atoms with E-state index in [-0.39, 0.29) is 28.9 Å². The molecule has 6 rings (SSSR count). The molecule has 232 valence electrons. The van der Waals surface area contributed by atoms with Crippen molar-refractivity contribution in [3.63, 3.8) is 0 Å². The molecule has 4 heterocycles. The Labute approximate surface area is 261 Å². The SMILES string of the molecule is CC(C)(/C=C(/C#N)C(=O)N1CCC[C@@H]1Cn1nc(-c2ccc(Oc3ccccc3)cc2F)c2c(N)ncnc21)N1CCCCC1. The highest BCUT2D eigenvalue weighted by Gasteiger charge is 2.34. The lowest BCUT2D eigenvalue weighted by atomic mass is 9.95. The summed E-state index contributed by atoms with van der Waals surface area (Å²) in [4.78, 5) is 26.5. The molecule has 2 aliphatic rings. The number of carbonyl (C=O) groups is 1. The number of fused-ring (bicyclic) bond motifs is 1. The van der Waals surface area contributed by atoms with Crippen LogP contribution in [0, 0.1) is 17.1 Å². The number of piperidine rings is 1. The first-order valence-corrected chi connectivity index (χ1v) is 15.4. The molecule has 2 aromatic carbocycles.